The topological polar surface area (TPSA) is 110 Å². The highest BCUT2D eigenvalue weighted by atomic mass is 35.5. The van der Waals surface area contributed by atoms with E-state index in [1.54, 1.807) is 49.9 Å². The summed E-state index contributed by atoms with van der Waals surface area (Å²) in [7, 11) is 0. The number of nitrogens with one attached hydrogen (secondary N) is 2. The van der Waals surface area contributed by atoms with E-state index in [1.165, 1.54) is 0 Å². The van der Waals surface area contributed by atoms with Gasteiger partial charge in [0.2, 0.25) is 0 Å². The molecule has 6 rings (SSSR count). The lowest BCUT2D eigenvalue weighted by molar-refractivity contribution is 0.101. The molecule has 0 atom stereocenters. The van der Waals surface area contributed by atoms with E-state index in [0.29, 0.717) is 66.6 Å². The summed E-state index contributed by atoms with van der Waals surface area (Å²) in [4.78, 5) is 28.3. The molecule has 0 spiro atoms. The first kappa shape index (κ1) is 30.2. The number of hydrogen-bond donors (Lipinski definition) is 2. The van der Waals surface area contributed by atoms with Crippen LogP contribution >= 0.6 is 35.0 Å². The largest absolute Gasteiger partial charge is 0.360 e. The van der Waals surface area contributed by atoms with Gasteiger partial charge in [0.15, 0.2) is 0 Å². The Kier molecular flexibility index (Phi) is 8.75. The van der Waals surface area contributed by atoms with E-state index < -0.39 is 0 Å². The number of nitrogens with zero attached hydrogens (tertiary/aromatic N) is 2. The monoisotopic (exact) mass is 654 g/mol. The molecule has 0 saturated carbocycles. The molecule has 6 aromatic rings. The van der Waals surface area contributed by atoms with Crippen LogP contribution in [-0.4, -0.2) is 22.1 Å². The Balaban J connectivity index is 1.10. The summed E-state index contributed by atoms with van der Waals surface area (Å²) in [6.07, 6.45) is 0. The van der Waals surface area contributed by atoms with Crippen molar-refractivity contribution in [2.45, 2.75) is 23.6 Å². The lowest BCUT2D eigenvalue weighted by Gasteiger charge is -2.09. The number of amides is 2. The van der Waals surface area contributed by atoms with Gasteiger partial charge in [0.05, 0.1) is 10.0 Å². The summed E-state index contributed by atoms with van der Waals surface area (Å²) in [5.41, 5.74) is 3.91. The van der Waals surface area contributed by atoms with Gasteiger partial charge in [-0.25, -0.2) is 0 Å². The van der Waals surface area contributed by atoms with Gasteiger partial charge in [0.25, 0.3) is 11.8 Å². The molecule has 0 aliphatic rings. The van der Waals surface area contributed by atoms with E-state index in [0.717, 1.165) is 9.79 Å². The highest BCUT2D eigenvalue weighted by molar-refractivity contribution is 7.99. The third kappa shape index (κ3) is 6.51. The Morgan fingerprint density at radius 3 is 1.36 bits per heavy atom. The van der Waals surface area contributed by atoms with Crippen LogP contribution in [0.3, 0.4) is 0 Å². The highest BCUT2D eigenvalue weighted by Crippen LogP contribution is 2.34. The van der Waals surface area contributed by atoms with Gasteiger partial charge >= 0.3 is 0 Å². The van der Waals surface area contributed by atoms with Gasteiger partial charge in [-0.3, -0.25) is 9.59 Å². The van der Waals surface area contributed by atoms with Crippen LogP contribution in [0, 0.1) is 13.8 Å². The van der Waals surface area contributed by atoms with E-state index in [9.17, 15) is 9.59 Å². The molecule has 2 heterocycles. The second kappa shape index (κ2) is 13.0. The standard InChI is InChI=1S/C34H24Cl2N4O4S/c1-19-29(31(39-43-19)25-7-3-5-9-27(25)35)33(41)37-21-11-15-23(16-12-21)45-24-17-13-22(14-18-24)38-34(42)30-20(2)44-40-32(30)26-8-4-6-10-28(26)36/h3-18H,1-2H3,(H,37,41)(H,38,42). The SMILES string of the molecule is Cc1onc(-c2ccccc2Cl)c1C(=O)Nc1ccc(Sc2ccc(NC(=O)c3c(-c4ccccc4Cl)noc3C)cc2)cc1. The molecule has 0 fully saturated rings. The molecule has 11 heteroatoms. The quantitative estimate of drug-likeness (QED) is 0.168. The van der Waals surface area contributed by atoms with Crippen LogP contribution in [0.2, 0.25) is 10.0 Å². The maximum absolute atomic E-state index is 13.2. The van der Waals surface area contributed by atoms with Crippen LogP contribution in [-0.2, 0) is 0 Å². The second-order valence-electron chi connectivity index (χ2n) is 9.94. The van der Waals surface area contributed by atoms with Crippen LogP contribution in [0.15, 0.2) is 116 Å². The van der Waals surface area contributed by atoms with Crippen molar-refractivity contribution in [3.05, 3.63) is 130 Å². The van der Waals surface area contributed by atoms with Crippen molar-refractivity contribution in [1.29, 1.82) is 0 Å². The summed E-state index contributed by atoms with van der Waals surface area (Å²) in [6.45, 7) is 3.37. The van der Waals surface area contributed by atoms with E-state index in [4.69, 9.17) is 32.2 Å². The summed E-state index contributed by atoms with van der Waals surface area (Å²) in [5, 5.41) is 14.9. The fourth-order valence-electron chi connectivity index (χ4n) is 4.69. The fraction of sp³-hybridized carbons (Fsp3) is 0.0588. The first-order valence-electron chi connectivity index (χ1n) is 13.7. The number of carbonyl (C=O) groups excluding carboxylic acids is 2. The maximum atomic E-state index is 13.2. The number of rotatable bonds is 8. The van der Waals surface area contributed by atoms with Gasteiger partial charge in [0, 0.05) is 32.3 Å². The van der Waals surface area contributed by atoms with Crippen molar-refractivity contribution in [1.82, 2.24) is 10.3 Å². The molecule has 224 valence electrons. The molecular weight excluding hydrogens is 631 g/mol. The third-order valence-corrected chi connectivity index (χ3v) is 8.57. The number of aromatic nitrogens is 2. The van der Waals surface area contributed by atoms with Crippen LogP contribution in [0.1, 0.15) is 32.2 Å². The number of carbonyl (C=O) groups is 2. The van der Waals surface area contributed by atoms with Gasteiger partial charge in [-0.05, 0) is 74.5 Å². The Labute approximate surface area is 272 Å². The van der Waals surface area contributed by atoms with Crippen molar-refractivity contribution in [3.8, 4) is 22.5 Å². The predicted octanol–water partition coefficient (Wildman–Crippen LogP) is 9.58. The number of hydrogen-bond acceptors (Lipinski definition) is 7. The van der Waals surface area contributed by atoms with Crippen molar-refractivity contribution >= 4 is 58.2 Å². The van der Waals surface area contributed by atoms with E-state index >= 15 is 0 Å². The highest BCUT2D eigenvalue weighted by Gasteiger charge is 2.24. The Bertz CT molecular complexity index is 1880. The molecule has 45 heavy (non-hydrogen) atoms. The van der Waals surface area contributed by atoms with Gasteiger partial charge in [-0.1, -0.05) is 81.7 Å². The molecule has 2 N–H and O–H groups in total. The van der Waals surface area contributed by atoms with Crippen molar-refractivity contribution in [2.24, 2.45) is 0 Å². The fourth-order valence-corrected chi connectivity index (χ4v) is 5.96. The van der Waals surface area contributed by atoms with E-state index in [-0.39, 0.29) is 11.8 Å². The third-order valence-electron chi connectivity index (χ3n) is 6.90. The molecule has 4 aromatic carbocycles. The summed E-state index contributed by atoms with van der Waals surface area (Å²) < 4.78 is 10.6. The Hall–Kier alpha value is -4.83. The van der Waals surface area contributed by atoms with E-state index in [2.05, 4.69) is 20.9 Å². The minimum Gasteiger partial charge on any atom is -0.360 e. The molecule has 0 bridgehead atoms. The number of benzene rings is 4. The van der Waals surface area contributed by atoms with Crippen molar-refractivity contribution in [3.63, 3.8) is 0 Å². The number of halogens is 2. The minimum absolute atomic E-state index is 0.327. The molecule has 0 unspecified atom stereocenters. The van der Waals surface area contributed by atoms with Crippen LogP contribution in [0.25, 0.3) is 22.5 Å². The average molecular weight is 656 g/mol. The second-order valence-corrected chi connectivity index (χ2v) is 11.9. The molecule has 8 nitrogen and oxygen atoms in total. The Morgan fingerprint density at radius 1 is 0.600 bits per heavy atom. The van der Waals surface area contributed by atoms with Crippen LogP contribution in [0.4, 0.5) is 11.4 Å². The molecule has 2 aromatic heterocycles. The zero-order valence-corrected chi connectivity index (χ0v) is 26.3. The van der Waals surface area contributed by atoms with Crippen LogP contribution in [0.5, 0.6) is 0 Å². The molecule has 0 saturated heterocycles. The molecule has 0 aliphatic heterocycles. The maximum Gasteiger partial charge on any atom is 0.261 e. The first-order valence-corrected chi connectivity index (χ1v) is 15.3. The molecule has 2 amide bonds. The van der Waals surface area contributed by atoms with Gasteiger partial charge in [0.1, 0.15) is 34.0 Å². The zero-order chi connectivity index (χ0) is 31.5. The number of aryl methyl sites for hydroxylation is 2. The average Bonchev–Trinajstić information content (AvgIpc) is 3.61. The van der Waals surface area contributed by atoms with Crippen molar-refractivity contribution in [2.75, 3.05) is 10.6 Å². The minimum atomic E-state index is -0.345. The van der Waals surface area contributed by atoms with E-state index in [1.807, 2.05) is 72.8 Å². The first-order chi connectivity index (χ1) is 21.8. The molecule has 0 aliphatic carbocycles. The normalized spacial score (nSPS) is 10.9. The number of anilines is 2. The smallest absolute Gasteiger partial charge is 0.261 e. The molecular formula is C34H24Cl2N4O4S. The lowest BCUT2D eigenvalue weighted by Crippen LogP contribution is -2.13. The van der Waals surface area contributed by atoms with Crippen LogP contribution < -0.4 is 10.6 Å². The lowest BCUT2D eigenvalue weighted by atomic mass is 10.1. The van der Waals surface area contributed by atoms with Gasteiger partial charge < -0.3 is 19.7 Å². The molecule has 0 radical (unpaired) electrons. The van der Waals surface area contributed by atoms with Gasteiger partial charge in [-0.2, -0.15) is 0 Å². The Morgan fingerprint density at radius 2 is 0.978 bits per heavy atom. The predicted molar refractivity (Wildman–Crippen MR) is 176 cm³/mol. The summed E-state index contributed by atoms with van der Waals surface area (Å²) in [5.74, 6) is 0.0999. The zero-order valence-electron chi connectivity index (χ0n) is 23.9. The van der Waals surface area contributed by atoms with Gasteiger partial charge in [-0.15, -0.1) is 0 Å². The summed E-state index contributed by atoms with van der Waals surface area (Å²) >= 11 is 14.2. The summed E-state index contributed by atoms with van der Waals surface area (Å²) in [6, 6.07) is 29.3. The van der Waals surface area contributed by atoms with Crippen molar-refractivity contribution < 1.29 is 18.6 Å².